The topological polar surface area (TPSA) is 34.5 Å². The van der Waals surface area contributed by atoms with Gasteiger partial charge >= 0.3 is 0 Å². The summed E-state index contributed by atoms with van der Waals surface area (Å²) >= 11 is 4.49. The second kappa shape index (κ2) is 6.09. The first-order chi connectivity index (χ1) is 8.42. The van der Waals surface area contributed by atoms with Gasteiger partial charge in [-0.05, 0) is 24.4 Å². The van der Waals surface area contributed by atoms with Crippen molar-refractivity contribution in [1.82, 2.24) is 4.98 Å². The molecular weight excluding hydrogens is 232 g/mol. The molecule has 0 saturated carbocycles. The van der Waals surface area contributed by atoms with Gasteiger partial charge < -0.3 is 4.74 Å². The van der Waals surface area contributed by atoms with Gasteiger partial charge in [0.05, 0.1) is 18.3 Å². The molecular formula is C13H12N2OS. The number of nitrogens with zero attached hydrogens (tertiary/aromatic N) is 2. The van der Waals surface area contributed by atoms with E-state index in [4.69, 9.17) is 4.74 Å². The maximum atomic E-state index is 5.68. The van der Waals surface area contributed by atoms with Crippen molar-refractivity contribution in [3.05, 3.63) is 36.5 Å². The summed E-state index contributed by atoms with van der Waals surface area (Å²) in [5, 5.41) is 3.42. The van der Waals surface area contributed by atoms with Crippen molar-refractivity contribution >= 4 is 28.3 Å². The molecule has 17 heavy (non-hydrogen) atoms. The molecule has 2 rings (SSSR count). The van der Waals surface area contributed by atoms with Gasteiger partial charge in [-0.2, -0.15) is 0 Å². The van der Waals surface area contributed by atoms with Crippen LogP contribution in [0.3, 0.4) is 0 Å². The highest BCUT2D eigenvalue weighted by molar-refractivity contribution is 7.78. The van der Waals surface area contributed by atoms with Crippen LogP contribution in [0.2, 0.25) is 0 Å². The average molecular weight is 244 g/mol. The Labute approximate surface area is 105 Å². The molecule has 0 bridgehead atoms. The zero-order valence-corrected chi connectivity index (χ0v) is 10.1. The second-order valence-corrected chi connectivity index (χ2v) is 3.69. The molecule has 1 aromatic carbocycles. The summed E-state index contributed by atoms with van der Waals surface area (Å²) in [4.78, 5) is 8.15. The zero-order valence-electron chi connectivity index (χ0n) is 9.30. The SMILES string of the molecule is S=C=NCCCOc1cccc2cccnc12. The number of pyridine rings is 1. The summed E-state index contributed by atoms with van der Waals surface area (Å²) in [7, 11) is 0. The molecule has 4 heteroatoms. The quantitative estimate of drug-likeness (QED) is 0.460. The number of para-hydroxylation sites is 1. The van der Waals surface area contributed by atoms with Crippen LogP contribution in [0.15, 0.2) is 41.5 Å². The van der Waals surface area contributed by atoms with Crippen LogP contribution in [0.4, 0.5) is 0 Å². The molecule has 1 aromatic heterocycles. The van der Waals surface area contributed by atoms with Crippen molar-refractivity contribution in [2.45, 2.75) is 6.42 Å². The van der Waals surface area contributed by atoms with E-state index in [2.05, 4.69) is 27.4 Å². The van der Waals surface area contributed by atoms with Crippen LogP contribution in [0.1, 0.15) is 6.42 Å². The maximum Gasteiger partial charge on any atom is 0.145 e. The van der Waals surface area contributed by atoms with Crippen LogP contribution in [0.25, 0.3) is 10.9 Å². The summed E-state index contributed by atoms with van der Waals surface area (Å²) in [5.41, 5.74) is 0.897. The summed E-state index contributed by atoms with van der Waals surface area (Å²) in [6.07, 6.45) is 2.60. The molecule has 0 fully saturated rings. The number of benzene rings is 1. The van der Waals surface area contributed by atoms with Gasteiger partial charge in [0, 0.05) is 18.0 Å². The van der Waals surface area contributed by atoms with Gasteiger partial charge in [-0.1, -0.05) is 18.2 Å². The van der Waals surface area contributed by atoms with E-state index in [0.29, 0.717) is 13.2 Å². The molecule has 86 valence electrons. The Morgan fingerprint density at radius 2 is 2.18 bits per heavy atom. The van der Waals surface area contributed by atoms with Crippen molar-refractivity contribution < 1.29 is 4.74 Å². The Morgan fingerprint density at radius 1 is 1.29 bits per heavy atom. The number of rotatable bonds is 5. The van der Waals surface area contributed by atoms with Crippen LogP contribution in [-0.4, -0.2) is 23.3 Å². The largest absolute Gasteiger partial charge is 0.491 e. The lowest BCUT2D eigenvalue weighted by Gasteiger charge is -2.07. The summed E-state index contributed by atoms with van der Waals surface area (Å²) in [5.74, 6) is 0.814. The highest BCUT2D eigenvalue weighted by atomic mass is 32.1. The number of aliphatic imine (C=N–C) groups is 1. The third-order valence-corrected chi connectivity index (χ3v) is 2.46. The van der Waals surface area contributed by atoms with E-state index in [-0.39, 0.29) is 0 Å². The first kappa shape index (κ1) is 11.7. The molecule has 0 unspecified atom stereocenters. The summed E-state index contributed by atoms with van der Waals surface area (Å²) in [6, 6.07) is 9.85. The Bertz CT molecular complexity index is 545. The number of aromatic nitrogens is 1. The van der Waals surface area contributed by atoms with Crippen molar-refractivity contribution in [2.75, 3.05) is 13.2 Å². The van der Waals surface area contributed by atoms with Crippen LogP contribution in [0, 0.1) is 0 Å². The Hall–Kier alpha value is -1.77. The normalized spacial score (nSPS) is 9.88. The second-order valence-electron chi connectivity index (χ2n) is 3.51. The van der Waals surface area contributed by atoms with E-state index in [9.17, 15) is 0 Å². The van der Waals surface area contributed by atoms with E-state index in [1.807, 2.05) is 30.3 Å². The Morgan fingerprint density at radius 3 is 3.06 bits per heavy atom. The number of hydrogen-bond acceptors (Lipinski definition) is 4. The fourth-order valence-corrected chi connectivity index (χ4v) is 1.66. The van der Waals surface area contributed by atoms with Crippen molar-refractivity contribution in [1.29, 1.82) is 0 Å². The first-order valence-electron chi connectivity index (χ1n) is 5.42. The van der Waals surface area contributed by atoms with Crippen LogP contribution < -0.4 is 4.74 Å². The van der Waals surface area contributed by atoms with E-state index in [1.165, 1.54) is 0 Å². The number of ether oxygens (including phenoxy) is 1. The molecule has 0 aliphatic heterocycles. The molecule has 0 atom stereocenters. The molecule has 0 saturated heterocycles. The molecule has 0 radical (unpaired) electrons. The van der Waals surface area contributed by atoms with E-state index < -0.39 is 0 Å². The minimum absolute atomic E-state index is 0.607. The van der Waals surface area contributed by atoms with E-state index >= 15 is 0 Å². The maximum absolute atomic E-state index is 5.68. The lowest BCUT2D eigenvalue weighted by atomic mass is 10.2. The smallest absolute Gasteiger partial charge is 0.145 e. The number of isothiocyanates is 1. The van der Waals surface area contributed by atoms with Crippen LogP contribution >= 0.6 is 12.2 Å². The molecule has 0 spiro atoms. The lowest BCUT2D eigenvalue weighted by Crippen LogP contribution is -1.99. The minimum atomic E-state index is 0.607. The molecule has 0 aliphatic rings. The molecule has 0 aliphatic carbocycles. The highest BCUT2D eigenvalue weighted by Gasteiger charge is 2.01. The van der Waals surface area contributed by atoms with Crippen molar-refractivity contribution in [3.63, 3.8) is 0 Å². The number of thiocarbonyl (C=S) groups is 1. The predicted molar refractivity (Wildman–Crippen MR) is 71.7 cm³/mol. The minimum Gasteiger partial charge on any atom is -0.491 e. The average Bonchev–Trinajstić information content (AvgIpc) is 2.39. The van der Waals surface area contributed by atoms with Gasteiger partial charge in [0.2, 0.25) is 0 Å². The molecule has 0 amide bonds. The predicted octanol–water partition coefficient (Wildman–Crippen LogP) is 3.11. The third kappa shape index (κ3) is 3.09. The number of hydrogen-bond donors (Lipinski definition) is 0. The molecule has 0 N–H and O–H groups in total. The fraction of sp³-hybridized carbons (Fsp3) is 0.231. The summed E-state index contributed by atoms with van der Waals surface area (Å²) < 4.78 is 5.68. The van der Waals surface area contributed by atoms with Crippen molar-refractivity contribution in [3.8, 4) is 5.75 Å². The Balaban J connectivity index is 2.05. The van der Waals surface area contributed by atoms with Gasteiger partial charge in [0.25, 0.3) is 0 Å². The van der Waals surface area contributed by atoms with E-state index in [0.717, 1.165) is 23.1 Å². The zero-order chi connectivity index (χ0) is 11.9. The lowest BCUT2D eigenvalue weighted by molar-refractivity contribution is 0.316. The van der Waals surface area contributed by atoms with Gasteiger partial charge in [-0.15, -0.1) is 0 Å². The Kier molecular flexibility index (Phi) is 4.19. The monoisotopic (exact) mass is 244 g/mol. The van der Waals surface area contributed by atoms with E-state index in [1.54, 1.807) is 6.20 Å². The van der Waals surface area contributed by atoms with Crippen LogP contribution in [-0.2, 0) is 0 Å². The summed E-state index contributed by atoms with van der Waals surface area (Å²) in [6.45, 7) is 1.26. The fourth-order valence-electron chi connectivity index (χ4n) is 1.56. The van der Waals surface area contributed by atoms with Gasteiger partial charge in [0.1, 0.15) is 11.3 Å². The van der Waals surface area contributed by atoms with Crippen LogP contribution in [0.5, 0.6) is 5.75 Å². The van der Waals surface area contributed by atoms with Gasteiger partial charge in [0.15, 0.2) is 0 Å². The van der Waals surface area contributed by atoms with Gasteiger partial charge in [-0.25, -0.2) is 4.99 Å². The highest BCUT2D eigenvalue weighted by Crippen LogP contribution is 2.22. The third-order valence-electron chi connectivity index (χ3n) is 2.33. The molecule has 3 nitrogen and oxygen atoms in total. The molecule has 1 heterocycles. The molecule has 2 aromatic rings. The number of fused-ring (bicyclic) bond motifs is 1. The van der Waals surface area contributed by atoms with Crippen molar-refractivity contribution in [2.24, 2.45) is 4.99 Å². The first-order valence-corrected chi connectivity index (χ1v) is 5.83. The van der Waals surface area contributed by atoms with Gasteiger partial charge in [-0.3, -0.25) is 4.98 Å². The standard InChI is InChI=1S/C13H12N2OS/c17-10-14-7-3-9-16-12-6-1-4-11-5-2-8-15-13(11)12/h1-2,4-6,8H,3,7,9H2.